The summed E-state index contributed by atoms with van der Waals surface area (Å²) in [5.41, 5.74) is 0. The molecule has 0 amide bonds. The molecule has 1 aromatic rings. The summed E-state index contributed by atoms with van der Waals surface area (Å²) in [7, 11) is -0.589. The van der Waals surface area contributed by atoms with Gasteiger partial charge in [-0.15, -0.1) is 0 Å². The zero-order chi connectivity index (χ0) is 16.2. The summed E-state index contributed by atoms with van der Waals surface area (Å²) in [5.74, 6) is 0.870. The zero-order valence-electron chi connectivity index (χ0n) is 13.5. The van der Waals surface area contributed by atoms with E-state index in [1.807, 2.05) is 6.92 Å². The van der Waals surface area contributed by atoms with Gasteiger partial charge in [-0.05, 0) is 25.0 Å². The van der Waals surface area contributed by atoms with Crippen LogP contribution in [0.15, 0.2) is 23.1 Å². The topological polar surface area (TPSA) is 55.8 Å². The third-order valence-electron chi connectivity index (χ3n) is 4.25. The van der Waals surface area contributed by atoms with Gasteiger partial charge in [0.15, 0.2) is 0 Å². The van der Waals surface area contributed by atoms with Crippen LogP contribution in [0.2, 0.25) is 0 Å². The van der Waals surface area contributed by atoms with E-state index in [2.05, 4.69) is 0 Å². The van der Waals surface area contributed by atoms with Crippen molar-refractivity contribution in [3.63, 3.8) is 0 Å². The summed E-state index contributed by atoms with van der Waals surface area (Å²) >= 11 is 0. The molecule has 0 aromatic heterocycles. The van der Waals surface area contributed by atoms with Gasteiger partial charge in [0.25, 0.3) is 0 Å². The fraction of sp³-hybridized carbons (Fsp3) is 0.625. The molecule has 1 aliphatic rings. The molecule has 1 aliphatic carbocycles. The molecule has 0 bridgehead atoms. The van der Waals surface area contributed by atoms with Crippen LogP contribution in [0.3, 0.4) is 0 Å². The highest BCUT2D eigenvalue weighted by Gasteiger charge is 2.33. The number of nitrogens with zero attached hydrogens (tertiary/aromatic N) is 1. The van der Waals surface area contributed by atoms with Crippen molar-refractivity contribution < 1.29 is 17.9 Å². The molecule has 0 N–H and O–H groups in total. The van der Waals surface area contributed by atoms with Crippen LogP contribution in [-0.2, 0) is 10.0 Å². The molecule has 0 saturated heterocycles. The Kier molecular flexibility index (Phi) is 5.69. The monoisotopic (exact) mass is 327 g/mol. The first-order valence-electron chi connectivity index (χ1n) is 7.78. The van der Waals surface area contributed by atoms with Crippen LogP contribution in [0.5, 0.6) is 11.5 Å². The first-order chi connectivity index (χ1) is 10.5. The minimum Gasteiger partial charge on any atom is -0.497 e. The van der Waals surface area contributed by atoms with Crippen LogP contribution >= 0.6 is 0 Å². The fourth-order valence-corrected chi connectivity index (χ4v) is 4.97. The summed E-state index contributed by atoms with van der Waals surface area (Å²) in [6.45, 7) is 2.35. The largest absolute Gasteiger partial charge is 0.497 e. The zero-order valence-corrected chi connectivity index (χ0v) is 14.4. The van der Waals surface area contributed by atoms with Gasteiger partial charge >= 0.3 is 0 Å². The van der Waals surface area contributed by atoms with Crippen LogP contribution in [0, 0.1) is 0 Å². The van der Waals surface area contributed by atoms with Crippen molar-refractivity contribution in [1.82, 2.24) is 4.31 Å². The Balaban J connectivity index is 2.42. The highest BCUT2D eigenvalue weighted by Crippen LogP contribution is 2.33. The Morgan fingerprint density at radius 3 is 2.36 bits per heavy atom. The average molecular weight is 327 g/mol. The maximum absolute atomic E-state index is 13.1. The van der Waals surface area contributed by atoms with Crippen molar-refractivity contribution in [2.75, 3.05) is 20.8 Å². The quantitative estimate of drug-likeness (QED) is 0.806. The van der Waals surface area contributed by atoms with Crippen molar-refractivity contribution >= 4 is 10.0 Å². The molecular formula is C16H25NO4S. The molecule has 124 valence electrons. The van der Waals surface area contributed by atoms with Crippen molar-refractivity contribution in [2.45, 2.75) is 50.0 Å². The van der Waals surface area contributed by atoms with Crippen LogP contribution in [0.25, 0.3) is 0 Å². The third-order valence-corrected chi connectivity index (χ3v) is 6.30. The Labute approximate surface area is 133 Å². The van der Waals surface area contributed by atoms with Gasteiger partial charge in [0, 0.05) is 18.7 Å². The van der Waals surface area contributed by atoms with Gasteiger partial charge in [0.1, 0.15) is 16.4 Å². The van der Waals surface area contributed by atoms with Crippen molar-refractivity contribution in [3.05, 3.63) is 18.2 Å². The normalized spacial score (nSPS) is 16.7. The second kappa shape index (κ2) is 7.33. The maximum atomic E-state index is 13.1. The minimum absolute atomic E-state index is 0.0830. The summed E-state index contributed by atoms with van der Waals surface area (Å²) in [4.78, 5) is 0.182. The molecule has 0 unspecified atom stereocenters. The first kappa shape index (κ1) is 17.1. The fourth-order valence-electron chi connectivity index (χ4n) is 3.11. The second-order valence-corrected chi connectivity index (χ2v) is 7.38. The smallest absolute Gasteiger partial charge is 0.247 e. The van der Waals surface area contributed by atoms with Crippen molar-refractivity contribution in [3.8, 4) is 11.5 Å². The van der Waals surface area contributed by atoms with Crippen LogP contribution in [0.1, 0.15) is 39.0 Å². The number of sulfonamides is 1. The van der Waals surface area contributed by atoms with E-state index in [-0.39, 0.29) is 10.9 Å². The lowest BCUT2D eigenvalue weighted by Crippen LogP contribution is -2.41. The van der Waals surface area contributed by atoms with E-state index >= 15 is 0 Å². The molecule has 6 heteroatoms. The summed E-state index contributed by atoms with van der Waals surface area (Å²) in [6, 6.07) is 4.97. The van der Waals surface area contributed by atoms with E-state index in [0.717, 1.165) is 25.7 Å². The van der Waals surface area contributed by atoms with Crippen LogP contribution in [-0.4, -0.2) is 39.5 Å². The van der Waals surface area contributed by atoms with Gasteiger partial charge in [-0.25, -0.2) is 8.42 Å². The van der Waals surface area contributed by atoms with Crippen LogP contribution < -0.4 is 9.47 Å². The number of hydrogen-bond acceptors (Lipinski definition) is 4. The van der Waals surface area contributed by atoms with E-state index in [0.29, 0.717) is 18.0 Å². The van der Waals surface area contributed by atoms with E-state index < -0.39 is 10.0 Å². The molecule has 1 saturated carbocycles. The van der Waals surface area contributed by atoms with Gasteiger partial charge in [-0.1, -0.05) is 26.2 Å². The molecule has 0 aliphatic heterocycles. The van der Waals surface area contributed by atoms with Gasteiger partial charge in [0.2, 0.25) is 10.0 Å². The molecular weight excluding hydrogens is 302 g/mol. The molecule has 1 fully saturated rings. The summed E-state index contributed by atoms with van der Waals surface area (Å²) < 4.78 is 38.2. The highest BCUT2D eigenvalue weighted by molar-refractivity contribution is 7.89. The van der Waals surface area contributed by atoms with Crippen molar-refractivity contribution in [2.24, 2.45) is 0 Å². The number of methoxy groups -OCH3 is 2. The lowest BCUT2D eigenvalue weighted by Gasteiger charge is -2.33. The second-order valence-electron chi connectivity index (χ2n) is 5.52. The maximum Gasteiger partial charge on any atom is 0.247 e. The van der Waals surface area contributed by atoms with Gasteiger partial charge < -0.3 is 9.47 Å². The minimum atomic E-state index is -3.60. The predicted octanol–water partition coefficient (Wildman–Crippen LogP) is 3.05. The lowest BCUT2D eigenvalue weighted by atomic mass is 9.95. The molecule has 22 heavy (non-hydrogen) atoms. The molecule has 0 heterocycles. The Bertz CT molecular complexity index is 594. The standard InChI is InChI=1S/C16H25NO4S/c1-4-17(13-8-6-5-7-9-13)22(18,19)16-12-14(20-2)10-11-15(16)21-3/h10-13H,4-9H2,1-3H3. The van der Waals surface area contributed by atoms with E-state index in [9.17, 15) is 8.42 Å². The van der Waals surface area contributed by atoms with E-state index in [1.54, 1.807) is 22.5 Å². The first-order valence-corrected chi connectivity index (χ1v) is 9.22. The highest BCUT2D eigenvalue weighted by atomic mass is 32.2. The number of hydrogen-bond donors (Lipinski definition) is 0. The molecule has 0 spiro atoms. The lowest BCUT2D eigenvalue weighted by molar-refractivity contribution is 0.260. The average Bonchev–Trinajstić information content (AvgIpc) is 2.55. The Morgan fingerprint density at radius 2 is 1.82 bits per heavy atom. The Morgan fingerprint density at radius 1 is 1.14 bits per heavy atom. The summed E-state index contributed by atoms with van der Waals surface area (Å²) in [6.07, 6.45) is 5.23. The summed E-state index contributed by atoms with van der Waals surface area (Å²) in [5, 5.41) is 0. The van der Waals surface area contributed by atoms with E-state index in [1.165, 1.54) is 20.6 Å². The molecule has 0 radical (unpaired) electrons. The molecule has 5 nitrogen and oxygen atoms in total. The SMILES string of the molecule is CCN(C1CCCCC1)S(=O)(=O)c1cc(OC)ccc1OC. The van der Waals surface area contributed by atoms with Gasteiger partial charge in [-0.2, -0.15) is 4.31 Å². The van der Waals surface area contributed by atoms with Gasteiger partial charge in [0.05, 0.1) is 14.2 Å². The number of benzene rings is 1. The molecule has 1 aromatic carbocycles. The van der Waals surface area contributed by atoms with E-state index in [4.69, 9.17) is 9.47 Å². The number of rotatable bonds is 6. The third kappa shape index (κ3) is 3.38. The van der Waals surface area contributed by atoms with Crippen LogP contribution in [0.4, 0.5) is 0 Å². The Hall–Kier alpha value is -1.27. The molecule has 0 atom stereocenters. The molecule has 2 rings (SSSR count). The predicted molar refractivity (Wildman–Crippen MR) is 86.0 cm³/mol. The van der Waals surface area contributed by atoms with Gasteiger partial charge in [-0.3, -0.25) is 0 Å². The van der Waals surface area contributed by atoms with Crippen molar-refractivity contribution in [1.29, 1.82) is 0 Å². The number of ether oxygens (including phenoxy) is 2.